The number of ether oxygens (including phenoxy) is 1. The molecule has 0 bridgehead atoms. The van der Waals surface area contributed by atoms with Crippen molar-refractivity contribution >= 4 is 32.5 Å². The molecule has 0 fully saturated rings. The van der Waals surface area contributed by atoms with Gasteiger partial charge < -0.3 is 4.74 Å². The summed E-state index contributed by atoms with van der Waals surface area (Å²) in [6.07, 6.45) is 0. The Balaban J connectivity index is 2.13. The second-order valence-electron chi connectivity index (χ2n) is 4.70. The van der Waals surface area contributed by atoms with Crippen LogP contribution in [0, 0.1) is 0 Å². The van der Waals surface area contributed by atoms with Crippen molar-refractivity contribution < 1.29 is 9.53 Å². The molecule has 21 heavy (non-hydrogen) atoms. The number of halogens is 1. The number of hydrogen-bond donors (Lipinski definition) is 0. The van der Waals surface area contributed by atoms with Crippen molar-refractivity contribution in [2.24, 2.45) is 0 Å². The van der Waals surface area contributed by atoms with Crippen molar-refractivity contribution in [2.45, 2.75) is 0 Å². The molecule has 0 aromatic heterocycles. The van der Waals surface area contributed by atoms with Crippen LogP contribution in [0.5, 0.6) is 5.75 Å². The van der Waals surface area contributed by atoms with E-state index in [1.54, 1.807) is 25.3 Å². The summed E-state index contributed by atoms with van der Waals surface area (Å²) in [6, 6.07) is 19.1. The molecule has 0 spiro atoms. The van der Waals surface area contributed by atoms with Gasteiger partial charge in [0.2, 0.25) is 0 Å². The molecule has 0 aliphatic carbocycles. The molecule has 3 rings (SSSR count). The first-order valence-electron chi connectivity index (χ1n) is 6.56. The fraction of sp³-hybridized carbons (Fsp3) is 0.0556. The highest BCUT2D eigenvalue weighted by molar-refractivity contribution is 9.10. The van der Waals surface area contributed by atoms with Crippen molar-refractivity contribution in [2.75, 3.05) is 7.11 Å². The van der Waals surface area contributed by atoms with E-state index in [4.69, 9.17) is 4.74 Å². The average Bonchev–Trinajstić information content (AvgIpc) is 2.53. The zero-order valence-corrected chi connectivity index (χ0v) is 13.1. The third kappa shape index (κ3) is 2.57. The second kappa shape index (κ2) is 5.70. The summed E-state index contributed by atoms with van der Waals surface area (Å²) in [5.41, 5.74) is 1.34. The molecule has 0 saturated carbocycles. The van der Waals surface area contributed by atoms with Gasteiger partial charge in [-0.1, -0.05) is 42.5 Å². The van der Waals surface area contributed by atoms with Crippen LogP contribution in [0.3, 0.4) is 0 Å². The van der Waals surface area contributed by atoms with Gasteiger partial charge in [-0.15, -0.1) is 0 Å². The van der Waals surface area contributed by atoms with Gasteiger partial charge in [-0.2, -0.15) is 0 Å². The second-order valence-corrected chi connectivity index (χ2v) is 5.56. The maximum absolute atomic E-state index is 12.8. The summed E-state index contributed by atoms with van der Waals surface area (Å²) in [7, 11) is 1.61. The maximum Gasteiger partial charge on any atom is 0.194 e. The first kappa shape index (κ1) is 13.8. The van der Waals surface area contributed by atoms with Crippen LogP contribution in [0.25, 0.3) is 10.8 Å². The molecule has 0 unspecified atom stereocenters. The van der Waals surface area contributed by atoms with E-state index in [9.17, 15) is 4.79 Å². The Kier molecular flexibility index (Phi) is 3.76. The van der Waals surface area contributed by atoms with Gasteiger partial charge in [0.15, 0.2) is 5.78 Å². The normalized spacial score (nSPS) is 10.6. The summed E-state index contributed by atoms with van der Waals surface area (Å²) in [6.45, 7) is 0. The number of hydrogen-bond acceptors (Lipinski definition) is 2. The summed E-state index contributed by atoms with van der Waals surface area (Å²) in [5, 5.41) is 2.03. The smallest absolute Gasteiger partial charge is 0.194 e. The number of benzene rings is 3. The van der Waals surface area contributed by atoms with Gasteiger partial charge in [0, 0.05) is 15.6 Å². The van der Waals surface area contributed by atoms with Crippen molar-refractivity contribution in [1.29, 1.82) is 0 Å². The quantitative estimate of drug-likeness (QED) is 0.637. The highest BCUT2D eigenvalue weighted by Crippen LogP contribution is 2.27. The third-order valence-electron chi connectivity index (χ3n) is 3.46. The van der Waals surface area contributed by atoms with Crippen LogP contribution in [0.4, 0.5) is 0 Å². The molecule has 0 saturated heterocycles. The van der Waals surface area contributed by atoms with Gasteiger partial charge in [-0.3, -0.25) is 4.79 Å². The Morgan fingerprint density at radius 2 is 1.71 bits per heavy atom. The Hall–Kier alpha value is -2.13. The Labute approximate surface area is 131 Å². The first-order chi connectivity index (χ1) is 10.2. The number of carbonyl (C=O) groups is 1. The molecule has 0 aliphatic rings. The molecule has 0 aliphatic heterocycles. The van der Waals surface area contributed by atoms with Gasteiger partial charge >= 0.3 is 0 Å². The summed E-state index contributed by atoms with van der Waals surface area (Å²) in [5.74, 6) is 0.720. The molecule has 2 nitrogen and oxygen atoms in total. The van der Waals surface area contributed by atoms with Crippen LogP contribution in [0.1, 0.15) is 15.9 Å². The van der Waals surface area contributed by atoms with Crippen molar-refractivity contribution in [3.8, 4) is 5.75 Å². The molecule has 0 N–H and O–H groups in total. The Bertz CT molecular complexity index is 819. The predicted octanol–water partition coefficient (Wildman–Crippen LogP) is 4.84. The van der Waals surface area contributed by atoms with E-state index in [0.29, 0.717) is 11.1 Å². The maximum atomic E-state index is 12.8. The monoisotopic (exact) mass is 340 g/mol. The lowest BCUT2D eigenvalue weighted by molar-refractivity contribution is 0.103. The largest absolute Gasteiger partial charge is 0.497 e. The number of fused-ring (bicyclic) bond motifs is 1. The number of ketones is 1. The summed E-state index contributed by atoms with van der Waals surface area (Å²) < 4.78 is 5.90. The number of rotatable bonds is 3. The zero-order valence-electron chi connectivity index (χ0n) is 11.5. The molecule has 3 aromatic carbocycles. The van der Waals surface area contributed by atoms with Crippen molar-refractivity contribution in [3.05, 3.63) is 76.3 Å². The van der Waals surface area contributed by atoms with E-state index in [1.807, 2.05) is 42.5 Å². The number of methoxy groups -OCH3 is 1. The standard InChI is InChI=1S/C18H13BrO2/c1-21-13-9-10-16(17(19)11-13)18(20)15-8-4-6-12-5-2-3-7-14(12)15/h2-11H,1H3. The summed E-state index contributed by atoms with van der Waals surface area (Å²) >= 11 is 3.45. The summed E-state index contributed by atoms with van der Waals surface area (Å²) in [4.78, 5) is 12.8. The third-order valence-corrected chi connectivity index (χ3v) is 4.11. The minimum Gasteiger partial charge on any atom is -0.497 e. The van der Waals surface area contributed by atoms with E-state index >= 15 is 0 Å². The van der Waals surface area contributed by atoms with Crippen LogP contribution < -0.4 is 4.74 Å². The SMILES string of the molecule is COc1ccc(C(=O)c2cccc3ccccc23)c(Br)c1. The minimum absolute atomic E-state index is 0.00123. The molecule has 104 valence electrons. The molecule has 3 heteroatoms. The number of carbonyl (C=O) groups excluding carboxylic acids is 1. The lowest BCUT2D eigenvalue weighted by atomic mass is 9.97. The molecule has 0 radical (unpaired) electrons. The van der Waals surface area contributed by atoms with Gasteiger partial charge in [-0.25, -0.2) is 0 Å². The van der Waals surface area contributed by atoms with E-state index in [1.165, 1.54) is 0 Å². The van der Waals surface area contributed by atoms with E-state index in [-0.39, 0.29) is 5.78 Å². The lowest BCUT2D eigenvalue weighted by Gasteiger charge is -2.08. The molecule has 0 heterocycles. The highest BCUT2D eigenvalue weighted by atomic mass is 79.9. The topological polar surface area (TPSA) is 26.3 Å². The molecular formula is C18H13BrO2. The van der Waals surface area contributed by atoms with E-state index in [0.717, 1.165) is 21.0 Å². The lowest BCUT2D eigenvalue weighted by Crippen LogP contribution is -2.03. The van der Waals surface area contributed by atoms with Gasteiger partial charge in [0.05, 0.1) is 7.11 Å². The first-order valence-corrected chi connectivity index (χ1v) is 7.36. The fourth-order valence-electron chi connectivity index (χ4n) is 2.38. The molecule has 0 atom stereocenters. The molecule has 0 amide bonds. The van der Waals surface area contributed by atoms with Crippen molar-refractivity contribution in [3.63, 3.8) is 0 Å². The predicted molar refractivity (Wildman–Crippen MR) is 88.1 cm³/mol. The van der Waals surface area contributed by atoms with Crippen LogP contribution in [0.2, 0.25) is 0 Å². The van der Waals surface area contributed by atoms with Crippen LogP contribution >= 0.6 is 15.9 Å². The van der Waals surface area contributed by atoms with Crippen LogP contribution in [0.15, 0.2) is 65.1 Å². The van der Waals surface area contributed by atoms with Gasteiger partial charge in [0.1, 0.15) is 5.75 Å². The molecular weight excluding hydrogens is 328 g/mol. The average molecular weight is 341 g/mol. The Morgan fingerprint density at radius 3 is 2.48 bits per heavy atom. The fourth-order valence-corrected chi connectivity index (χ4v) is 2.91. The highest BCUT2D eigenvalue weighted by Gasteiger charge is 2.15. The zero-order chi connectivity index (χ0) is 14.8. The van der Waals surface area contributed by atoms with E-state index < -0.39 is 0 Å². The van der Waals surface area contributed by atoms with Gasteiger partial charge in [0.25, 0.3) is 0 Å². The van der Waals surface area contributed by atoms with Crippen LogP contribution in [-0.4, -0.2) is 12.9 Å². The van der Waals surface area contributed by atoms with Crippen LogP contribution in [-0.2, 0) is 0 Å². The molecule has 3 aromatic rings. The van der Waals surface area contributed by atoms with Gasteiger partial charge in [-0.05, 0) is 44.9 Å². The van der Waals surface area contributed by atoms with Crippen molar-refractivity contribution in [1.82, 2.24) is 0 Å². The van der Waals surface area contributed by atoms with E-state index in [2.05, 4.69) is 15.9 Å². The Morgan fingerprint density at radius 1 is 0.952 bits per heavy atom. The minimum atomic E-state index is 0.00123.